The number of hydrogen-bond donors (Lipinski definition) is 0. The second-order valence-corrected chi connectivity index (χ2v) is 5.14. The van der Waals surface area contributed by atoms with Crippen molar-refractivity contribution in [3.63, 3.8) is 0 Å². The van der Waals surface area contributed by atoms with Gasteiger partial charge in [-0.3, -0.25) is 0 Å². The Morgan fingerprint density at radius 1 is 0.963 bits per heavy atom. The maximum absolute atomic E-state index is 11.1. The number of nitrogens with zero attached hydrogens (tertiary/aromatic N) is 2. The minimum Gasteiger partial charge on any atom is -1.00 e. The van der Waals surface area contributed by atoms with Gasteiger partial charge in [-0.1, -0.05) is 14.9 Å². The first-order valence-corrected chi connectivity index (χ1v) is 6.60. The molecule has 10 nitrogen and oxygen atoms in total. The quantitative estimate of drug-likeness (QED) is 0.286. The molecular formula is C14H18N2O8SSr2-4. The third-order valence-corrected chi connectivity index (χ3v) is 3.81. The molecule has 0 bridgehead atoms. The predicted octanol–water partition coefficient (Wildman–Crippen LogP) is -4.46. The molecule has 0 amide bonds. The van der Waals surface area contributed by atoms with E-state index in [4.69, 9.17) is 5.26 Å². The van der Waals surface area contributed by atoms with Gasteiger partial charge < -0.3 is 50.2 Å². The molecule has 0 aliphatic rings. The van der Waals surface area contributed by atoms with Crippen LogP contribution < -0.4 is 25.3 Å². The molecule has 1 aromatic rings. The Balaban J connectivity index is -0.000000110. The second-order valence-electron chi connectivity index (χ2n) is 4.14. The van der Waals surface area contributed by atoms with Crippen molar-refractivity contribution in [1.29, 1.82) is 5.26 Å². The van der Waals surface area contributed by atoms with E-state index < -0.39 is 59.4 Å². The van der Waals surface area contributed by atoms with Crippen molar-refractivity contribution in [3.8, 4) is 6.07 Å². The molecule has 13 heteroatoms. The minimum absolute atomic E-state index is 0. The van der Waals surface area contributed by atoms with E-state index in [9.17, 15) is 39.6 Å². The third kappa shape index (κ3) is 10.3. The summed E-state index contributed by atoms with van der Waals surface area (Å²) in [5.74, 6) is -6.87. The molecule has 0 aliphatic carbocycles. The monoisotopic (exact) mass is 550 g/mol. The fourth-order valence-corrected chi connectivity index (χ4v) is 2.88. The number of carboxylic acids is 4. The fraction of sp³-hybridized carbons (Fsp3) is 0.357. The molecule has 0 saturated heterocycles. The van der Waals surface area contributed by atoms with Crippen molar-refractivity contribution in [2.75, 3.05) is 18.0 Å². The van der Waals surface area contributed by atoms with Crippen molar-refractivity contribution < 1.29 is 45.3 Å². The number of carbonyl (C=O) groups is 4. The van der Waals surface area contributed by atoms with E-state index in [2.05, 4.69) is 0 Å². The molecule has 0 unspecified atom stereocenters. The molecule has 0 spiro atoms. The summed E-state index contributed by atoms with van der Waals surface area (Å²) in [7, 11) is 0. The zero-order valence-electron chi connectivity index (χ0n) is 16.6. The van der Waals surface area contributed by atoms with Crippen molar-refractivity contribution in [2.24, 2.45) is 0 Å². The normalized spacial score (nSPS) is 8.41. The molecule has 1 aromatic heterocycles. The largest absolute Gasteiger partial charge is 2.00 e. The van der Waals surface area contributed by atoms with Crippen LogP contribution in [-0.2, 0) is 20.8 Å². The summed E-state index contributed by atoms with van der Waals surface area (Å²) < 4.78 is 0. The zero-order chi connectivity index (χ0) is 17.7. The van der Waals surface area contributed by atoms with E-state index in [1.807, 2.05) is 0 Å². The Hall–Kier alpha value is -0.169. The summed E-state index contributed by atoms with van der Waals surface area (Å²) in [4.78, 5) is 43.1. The number of hydrogen-bond acceptors (Lipinski definition) is 11. The molecule has 1 rings (SSSR count). The minimum atomic E-state index is -1.80. The molecule has 0 saturated carbocycles. The number of nitriles is 1. The van der Waals surface area contributed by atoms with Crippen molar-refractivity contribution in [3.05, 3.63) is 16.0 Å². The van der Waals surface area contributed by atoms with E-state index in [-0.39, 0.29) is 117 Å². The van der Waals surface area contributed by atoms with Gasteiger partial charge in [0.2, 0.25) is 0 Å². The van der Waals surface area contributed by atoms with E-state index in [0.29, 0.717) is 16.2 Å². The van der Waals surface area contributed by atoms with Crippen LogP contribution in [0.25, 0.3) is 0 Å². The van der Waals surface area contributed by atoms with Crippen molar-refractivity contribution in [1.82, 2.24) is 0 Å². The van der Waals surface area contributed by atoms with Crippen LogP contribution >= 0.6 is 11.3 Å². The third-order valence-electron chi connectivity index (χ3n) is 2.53. The van der Waals surface area contributed by atoms with Gasteiger partial charge in [0.05, 0.1) is 41.4 Å². The van der Waals surface area contributed by atoms with Gasteiger partial charge in [-0.15, -0.1) is 11.3 Å². The number of aliphatic carboxylic acids is 3. The van der Waals surface area contributed by atoms with Crippen LogP contribution in [0, 0.1) is 11.3 Å². The summed E-state index contributed by atoms with van der Waals surface area (Å²) in [6, 6.07) is 1.53. The van der Waals surface area contributed by atoms with Gasteiger partial charge in [-0.25, -0.2) is 0 Å². The summed E-state index contributed by atoms with van der Waals surface area (Å²) in [5.41, 5.74) is -0.935. The maximum atomic E-state index is 11.1. The summed E-state index contributed by atoms with van der Waals surface area (Å²) in [5, 5.41) is 51.9. The van der Waals surface area contributed by atoms with Crippen LogP contribution in [0.15, 0.2) is 0 Å². The molecule has 1 heterocycles. The first kappa shape index (κ1) is 34.3. The fourth-order valence-electron chi connectivity index (χ4n) is 1.78. The number of anilines is 1. The Labute approximate surface area is 239 Å². The van der Waals surface area contributed by atoms with Gasteiger partial charge in [-0.2, -0.15) is 5.26 Å². The van der Waals surface area contributed by atoms with E-state index >= 15 is 0 Å². The molecule has 0 atom stereocenters. The zero-order valence-corrected chi connectivity index (χ0v) is 20.4. The van der Waals surface area contributed by atoms with Crippen molar-refractivity contribution in [2.45, 2.75) is 21.3 Å². The van der Waals surface area contributed by atoms with Crippen molar-refractivity contribution >= 4 is 131 Å². The summed E-state index contributed by atoms with van der Waals surface area (Å²) in [6.45, 7) is -1.94. The first-order chi connectivity index (χ1) is 10.7. The van der Waals surface area contributed by atoms with Crippen LogP contribution in [0.5, 0.6) is 0 Å². The molecule has 27 heavy (non-hydrogen) atoms. The van der Waals surface area contributed by atoms with Crippen LogP contribution in [0.4, 0.5) is 5.00 Å². The number of aromatic carboxylic acids is 1. The van der Waals surface area contributed by atoms with Crippen LogP contribution in [0.2, 0.25) is 0 Å². The maximum Gasteiger partial charge on any atom is 2.00 e. The van der Waals surface area contributed by atoms with Crippen LogP contribution in [-0.4, -0.2) is 128 Å². The molecule has 0 radical (unpaired) electrons. The van der Waals surface area contributed by atoms with E-state index in [1.165, 1.54) is 6.07 Å². The smallest absolute Gasteiger partial charge is 1.00 e. The van der Waals surface area contributed by atoms with Gasteiger partial charge in [0.1, 0.15) is 11.1 Å². The SMILES string of the molecule is C.C.N#Cc1c(N(CC(=O)[O-])CC(=O)[O-])sc(C(=O)[O-])c1CC(=O)[O-].[H-].[H-].[H-].[H-].[Sr+2].[Sr+2]. The van der Waals surface area contributed by atoms with Gasteiger partial charge in [-0.05, 0) is 5.56 Å². The average Bonchev–Trinajstić information content (AvgIpc) is 2.74. The summed E-state index contributed by atoms with van der Waals surface area (Å²) >= 11 is 0.321. The first-order valence-electron chi connectivity index (χ1n) is 5.79. The number of thiophene rings is 1. The Morgan fingerprint density at radius 2 is 1.41 bits per heavy atom. The van der Waals surface area contributed by atoms with Gasteiger partial charge in [0, 0.05) is 12.4 Å². The summed E-state index contributed by atoms with van der Waals surface area (Å²) in [6.07, 6.45) is -0.937. The van der Waals surface area contributed by atoms with Gasteiger partial charge in [0.25, 0.3) is 0 Å². The second kappa shape index (κ2) is 15.7. The van der Waals surface area contributed by atoms with E-state index in [0.717, 1.165) is 0 Å². The molecule has 0 aromatic carbocycles. The molecule has 0 fully saturated rings. The molecule has 146 valence electrons. The number of rotatable bonds is 8. The molecular weight excluding hydrogens is 531 g/mol. The average molecular weight is 550 g/mol. The van der Waals surface area contributed by atoms with Crippen LogP contribution in [0.1, 0.15) is 41.4 Å². The number of carboxylic acid groups (broad SMARTS) is 4. The van der Waals surface area contributed by atoms with Gasteiger partial charge >= 0.3 is 91.0 Å². The predicted molar refractivity (Wildman–Crippen MR) is 93.7 cm³/mol. The Kier molecular flexibility index (Phi) is 20.0. The van der Waals surface area contributed by atoms with Gasteiger partial charge in [0.15, 0.2) is 0 Å². The van der Waals surface area contributed by atoms with Crippen LogP contribution in [0.3, 0.4) is 0 Å². The Bertz CT molecular complexity index is 731. The van der Waals surface area contributed by atoms with E-state index in [1.54, 1.807) is 0 Å². The standard InChI is InChI=1S/C12H10N2O8S.2CH4.2Sr.4H/c13-2-6-5(1-7(15)16)10(12(21)22)23-11(6)14(3-8(17)18)4-9(19)20;;;;;;;;/h1,3-4H2,(H,15,16)(H,17,18)(H,19,20)(H,21,22);2*1H4;;;;;;/q;;;2*+2;4*-1/p-4. The molecule has 0 N–H and O–H groups in total. The topological polar surface area (TPSA) is 188 Å². The Morgan fingerprint density at radius 3 is 1.70 bits per heavy atom. The molecule has 0 aliphatic heterocycles. The number of carbonyl (C=O) groups excluding carboxylic acids is 4.